The van der Waals surface area contributed by atoms with Crippen molar-refractivity contribution in [1.29, 1.82) is 0 Å². The third kappa shape index (κ3) is 3.42. The minimum absolute atomic E-state index is 0.117. The van der Waals surface area contributed by atoms with Gasteiger partial charge in [-0.2, -0.15) is 0 Å². The highest BCUT2D eigenvalue weighted by atomic mass is 32.2. The monoisotopic (exact) mass is 330 g/mol. The Morgan fingerprint density at radius 3 is 2.78 bits per heavy atom. The lowest BCUT2D eigenvalue weighted by molar-refractivity contribution is -0.124. The molecule has 0 bridgehead atoms. The summed E-state index contributed by atoms with van der Waals surface area (Å²) in [5.41, 5.74) is 1.56. The van der Waals surface area contributed by atoms with E-state index in [1.807, 2.05) is 30.3 Å². The molecule has 120 valence electrons. The van der Waals surface area contributed by atoms with E-state index in [4.69, 9.17) is 4.42 Å². The summed E-state index contributed by atoms with van der Waals surface area (Å²) in [6.07, 6.45) is 1.50. The van der Waals surface area contributed by atoms with Gasteiger partial charge in [-0.25, -0.2) is 0 Å². The molecule has 6 heteroatoms. The van der Waals surface area contributed by atoms with Gasteiger partial charge in [-0.1, -0.05) is 30.3 Å². The standard InChI is InChI=1S/C17H18N2O3S/c1-12-14(7-8-22-12)17(21)19-11-23-10-15(19)16(20)18-9-13-5-3-2-4-6-13/h2-8,15H,9-11H2,1H3,(H,18,20)/t15-/m0/s1. The van der Waals surface area contributed by atoms with Crippen molar-refractivity contribution >= 4 is 23.6 Å². The van der Waals surface area contributed by atoms with Crippen LogP contribution >= 0.6 is 11.8 Å². The van der Waals surface area contributed by atoms with Crippen LogP contribution in [0.2, 0.25) is 0 Å². The minimum atomic E-state index is -0.439. The lowest BCUT2D eigenvalue weighted by Crippen LogP contribution is -2.47. The molecule has 2 aromatic rings. The molecule has 23 heavy (non-hydrogen) atoms. The van der Waals surface area contributed by atoms with E-state index in [0.717, 1.165) is 5.56 Å². The first kappa shape index (κ1) is 15.7. The van der Waals surface area contributed by atoms with Crippen LogP contribution in [-0.2, 0) is 11.3 Å². The van der Waals surface area contributed by atoms with Crippen LogP contribution in [0, 0.1) is 6.92 Å². The Morgan fingerprint density at radius 2 is 2.09 bits per heavy atom. The SMILES string of the molecule is Cc1occc1C(=O)N1CSC[C@H]1C(=O)NCc1ccccc1. The fourth-order valence-electron chi connectivity index (χ4n) is 2.52. The van der Waals surface area contributed by atoms with Crippen molar-refractivity contribution in [2.75, 3.05) is 11.6 Å². The summed E-state index contributed by atoms with van der Waals surface area (Å²) in [4.78, 5) is 26.7. The zero-order chi connectivity index (χ0) is 16.2. The van der Waals surface area contributed by atoms with E-state index < -0.39 is 6.04 Å². The number of hydrogen-bond donors (Lipinski definition) is 1. The van der Waals surface area contributed by atoms with Crippen LogP contribution in [0.5, 0.6) is 0 Å². The molecule has 0 saturated carbocycles. The van der Waals surface area contributed by atoms with E-state index in [1.165, 1.54) is 6.26 Å². The molecule has 1 atom stereocenters. The van der Waals surface area contributed by atoms with Gasteiger partial charge in [-0.3, -0.25) is 9.59 Å². The Labute approximate surface area is 139 Å². The number of hydrogen-bond acceptors (Lipinski definition) is 4. The van der Waals surface area contributed by atoms with Gasteiger partial charge in [0, 0.05) is 12.3 Å². The largest absolute Gasteiger partial charge is 0.469 e. The predicted octanol–water partition coefficient (Wildman–Crippen LogP) is 2.42. The quantitative estimate of drug-likeness (QED) is 0.935. The lowest BCUT2D eigenvalue weighted by Gasteiger charge is -2.22. The maximum absolute atomic E-state index is 12.6. The van der Waals surface area contributed by atoms with Crippen molar-refractivity contribution in [2.45, 2.75) is 19.5 Å². The smallest absolute Gasteiger partial charge is 0.258 e. The molecule has 0 unspecified atom stereocenters. The van der Waals surface area contributed by atoms with Crippen molar-refractivity contribution < 1.29 is 14.0 Å². The minimum Gasteiger partial charge on any atom is -0.469 e. The first-order chi connectivity index (χ1) is 11.2. The van der Waals surface area contributed by atoms with Crippen LogP contribution in [0.3, 0.4) is 0 Å². The molecule has 1 aliphatic heterocycles. The molecule has 5 nitrogen and oxygen atoms in total. The van der Waals surface area contributed by atoms with Crippen molar-refractivity contribution in [1.82, 2.24) is 10.2 Å². The molecule has 1 fully saturated rings. The van der Waals surface area contributed by atoms with Crippen LogP contribution in [0.4, 0.5) is 0 Å². The number of nitrogens with zero attached hydrogens (tertiary/aromatic N) is 1. The van der Waals surface area contributed by atoms with Crippen molar-refractivity contribution in [3.8, 4) is 0 Å². The summed E-state index contributed by atoms with van der Waals surface area (Å²) < 4.78 is 5.19. The predicted molar refractivity (Wildman–Crippen MR) is 89.0 cm³/mol. The third-order valence-corrected chi connectivity index (χ3v) is 4.86. The fraction of sp³-hybridized carbons (Fsp3) is 0.294. The average molecular weight is 330 g/mol. The summed E-state index contributed by atoms with van der Waals surface area (Å²) in [7, 11) is 0. The van der Waals surface area contributed by atoms with E-state index in [9.17, 15) is 9.59 Å². The van der Waals surface area contributed by atoms with Gasteiger partial charge < -0.3 is 14.6 Å². The summed E-state index contributed by atoms with van der Waals surface area (Å²) in [6.45, 7) is 2.22. The van der Waals surface area contributed by atoms with Gasteiger partial charge >= 0.3 is 0 Å². The Hall–Kier alpha value is -2.21. The van der Waals surface area contributed by atoms with Crippen LogP contribution in [0.25, 0.3) is 0 Å². The molecular formula is C17H18N2O3S. The van der Waals surface area contributed by atoms with Gasteiger partial charge in [-0.05, 0) is 18.6 Å². The number of thioether (sulfide) groups is 1. The van der Waals surface area contributed by atoms with Crippen molar-refractivity contribution in [2.24, 2.45) is 0 Å². The van der Waals surface area contributed by atoms with E-state index in [2.05, 4.69) is 5.32 Å². The van der Waals surface area contributed by atoms with Gasteiger partial charge in [0.05, 0.1) is 17.7 Å². The van der Waals surface area contributed by atoms with E-state index in [0.29, 0.717) is 29.5 Å². The van der Waals surface area contributed by atoms with E-state index in [-0.39, 0.29) is 11.8 Å². The van der Waals surface area contributed by atoms with Gasteiger partial charge in [0.15, 0.2) is 0 Å². The van der Waals surface area contributed by atoms with Crippen LogP contribution in [0.1, 0.15) is 21.7 Å². The molecular weight excluding hydrogens is 312 g/mol. The fourth-order valence-corrected chi connectivity index (χ4v) is 3.68. The zero-order valence-electron chi connectivity index (χ0n) is 12.8. The molecule has 2 amide bonds. The van der Waals surface area contributed by atoms with Gasteiger partial charge in [0.1, 0.15) is 11.8 Å². The molecule has 1 saturated heterocycles. The molecule has 3 rings (SSSR count). The molecule has 1 aliphatic rings. The second-order valence-corrected chi connectivity index (χ2v) is 6.38. The number of carbonyl (C=O) groups excluding carboxylic acids is 2. The highest BCUT2D eigenvalue weighted by Crippen LogP contribution is 2.24. The topological polar surface area (TPSA) is 62.6 Å². The first-order valence-electron chi connectivity index (χ1n) is 7.41. The number of furan rings is 1. The lowest BCUT2D eigenvalue weighted by atomic mass is 10.2. The number of amides is 2. The molecule has 0 aliphatic carbocycles. The van der Waals surface area contributed by atoms with Gasteiger partial charge in [0.25, 0.3) is 5.91 Å². The molecule has 0 spiro atoms. The van der Waals surface area contributed by atoms with Crippen LogP contribution in [0.15, 0.2) is 47.1 Å². The maximum Gasteiger partial charge on any atom is 0.258 e. The van der Waals surface area contributed by atoms with Crippen molar-refractivity contribution in [3.05, 3.63) is 59.5 Å². The number of aryl methyl sites for hydroxylation is 1. The molecule has 1 N–H and O–H groups in total. The Bertz CT molecular complexity index is 699. The molecule has 2 heterocycles. The van der Waals surface area contributed by atoms with E-state index in [1.54, 1.807) is 29.7 Å². The zero-order valence-corrected chi connectivity index (χ0v) is 13.6. The van der Waals surface area contributed by atoms with Crippen molar-refractivity contribution in [3.63, 3.8) is 0 Å². The highest BCUT2D eigenvalue weighted by molar-refractivity contribution is 7.99. The maximum atomic E-state index is 12.6. The van der Waals surface area contributed by atoms with Crippen LogP contribution < -0.4 is 5.32 Å². The average Bonchev–Trinajstić information content (AvgIpc) is 3.22. The van der Waals surface area contributed by atoms with Crippen LogP contribution in [-0.4, -0.2) is 34.4 Å². The van der Waals surface area contributed by atoms with Gasteiger partial charge in [0.2, 0.25) is 5.91 Å². The summed E-state index contributed by atoms with van der Waals surface area (Å²) in [5.74, 6) is 1.45. The summed E-state index contributed by atoms with van der Waals surface area (Å²) >= 11 is 1.59. The summed E-state index contributed by atoms with van der Waals surface area (Å²) in [5, 5.41) is 2.92. The Balaban J connectivity index is 1.65. The molecule has 0 radical (unpaired) electrons. The number of rotatable bonds is 4. The highest BCUT2D eigenvalue weighted by Gasteiger charge is 2.35. The normalized spacial score (nSPS) is 17.3. The van der Waals surface area contributed by atoms with Gasteiger partial charge in [-0.15, -0.1) is 11.8 Å². The molecule has 1 aromatic heterocycles. The number of benzene rings is 1. The number of nitrogens with one attached hydrogen (secondary N) is 1. The Kier molecular flexibility index (Phi) is 4.71. The first-order valence-corrected chi connectivity index (χ1v) is 8.56. The Morgan fingerprint density at radius 1 is 1.30 bits per heavy atom. The molecule has 1 aromatic carbocycles. The summed E-state index contributed by atoms with van der Waals surface area (Å²) in [6, 6.07) is 10.9. The number of carbonyl (C=O) groups is 2. The third-order valence-electron chi connectivity index (χ3n) is 3.84. The second-order valence-electron chi connectivity index (χ2n) is 5.38. The second kappa shape index (κ2) is 6.91. The van der Waals surface area contributed by atoms with E-state index >= 15 is 0 Å².